The second kappa shape index (κ2) is 3.61. The molecule has 15 heavy (non-hydrogen) atoms. The summed E-state index contributed by atoms with van der Waals surface area (Å²) >= 11 is 1.61. The van der Waals surface area contributed by atoms with Gasteiger partial charge in [0.25, 0.3) is 0 Å². The van der Waals surface area contributed by atoms with Crippen LogP contribution >= 0.6 is 11.3 Å². The fraction of sp³-hybridized carbons (Fsp3) is 0.545. The summed E-state index contributed by atoms with van der Waals surface area (Å²) in [6.07, 6.45) is 0.715. The Kier molecular flexibility index (Phi) is 2.56. The third-order valence-corrected chi connectivity index (χ3v) is 4.23. The molecule has 1 saturated carbocycles. The van der Waals surface area contributed by atoms with Crippen molar-refractivity contribution < 1.29 is 14.6 Å². The molecule has 0 saturated heterocycles. The van der Waals surface area contributed by atoms with E-state index in [-0.39, 0.29) is 5.41 Å². The van der Waals surface area contributed by atoms with E-state index >= 15 is 0 Å². The second-order valence-electron chi connectivity index (χ2n) is 4.07. The van der Waals surface area contributed by atoms with Crippen molar-refractivity contribution in [2.75, 3.05) is 7.11 Å². The van der Waals surface area contributed by atoms with Gasteiger partial charge in [0.05, 0.1) is 7.11 Å². The highest BCUT2D eigenvalue weighted by atomic mass is 32.1. The molecule has 2 rings (SSSR count). The van der Waals surface area contributed by atoms with Crippen LogP contribution in [0.1, 0.15) is 23.3 Å². The summed E-state index contributed by atoms with van der Waals surface area (Å²) in [5, 5.41) is 11.9. The number of aliphatic hydroxyl groups is 1. The largest absolute Gasteiger partial charge is 0.467 e. The smallest absolute Gasteiger partial charge is 0.335 e. The van der Waals surface area contributed by atoms with Crippen molar-refractivity contribution in [1.29, 1.82) is 0 Å². The van der Waals surface area contributed by atoms with E-state index in [0.717, 1.165) is 17.7 Å². The van der Waals surface area contributed by atoms with Crippen LogP contribution in [0.5, 0.6) is 0 Å². The van der Waals surface area contributed by atoms with E-state index in [0.29, 0.717) is 0 Å². The lowest BCUT2D eigenvalue weighted by atomic mass is 9.97. The summed E-state index contributed by atoms with van der Waals surface area (Å²) in [7, 11) is 1.31. The minimum absolute atomic E-state index is 0.355. The van der Waals surface area contributed by atoms with Crippen LogP contribution in [0.4, 0.5) is 0 Å². The van der Waals surface area contributed by atoms with Gasteiger partial charge in [0.2, 0.25) is 0 Å². The van der Waals surface area contributed by atoms with Gasteiger partial charge in [0, 0.05) is 10.3 Å². The Morgan fingerprint density at radius 3 is 2.73 bits per heavy atom. The van der Waals surface area contributed by atoms with E-state index in [2.05, 4.69) is 4.74 Å². The topological polar surface area (TPSA) is 46.5 Å². The number of methoxy groups -OCH3 is 1. The van der Waals surface area contributed by atoms with E-state index in [1.54, 1.807) is 11.3 Å². The average molecular weight is 226 g/mol. The van der Waals surface area contributed by atoms with Gasteiger partial charge in [-0.05, 0) is 36.8 Å². The number of carbonyl (C=O) groups is 1. The third kappa shape index (κ3) is 1.68. The Balaban J connectivity index is 2.24. The summed E-state index contributed by atoms with van der Waals surface area (Å²) in [6.45, 7) is 2.01. The minimum Gasteiger partial charge on any atom is -0.467 e. The molecule has 82 valence electrons. The first-order chi connectivity index (χ1) is 7.10. The molecule has 0 aliphatic heterocycles. The summed E-state index contributed by atoms with van der Waals surface area (Å²) < 4.78 is 4.58. The Morgan fingerprint density at radius 1 is 1.67 bits per heavy atom. The van der Waals surface area contributed by atoms with Crippen LogP contribution in [0.15, 0.2) is 11.4 Å². The summed E-state index contributed by atoms with van der Waals surface area (Å²) in [6, 6.07) is 2.05. The molecular weight excluding hydrogens is 212 g/mol. The number of carbonyl (C=O) groups excluding carboxylic acids is 1. The first-order valence-electron chi connectivity index (χ1n) is 4.92. The number of esters is 1. The molecular formula is C11H14O3S. The Labute approximate surface area is 92.7 Å². The van der Waals surface area contributed by atoms with Crippen LogP contribution in [-0.2, 0) is 14.9 Å². The number of aryl methyl sites for hydroxylation is 1. The van der Waals surface area contributed by atoms with Gasteiger partial charge < -0.3 is 9.84 Å². The van der Waals surface area contributed by atoms with Crippen molar-refractivity contribution >= 4 is 17.3 Å². The molecule has 1 fully saturated rings. The van der Waals surface area contributed by atoms with Gasteiger partial charge in [-0.3, -0.25) is 0 Å². The van der Waals surface area contributed by atoms with Crippen LogP contribution in [0.2, 0.25) is 0 Å². The average Bonchev–Trinajstić information content (AvgIpc) is 2.94. The zero-order chi connectivity index (χ0) is 11.1. The molecule has 1 aliphatic carbocycles. The van der Waals surface area contributed by atoms with Crippen LogP contribution in [0, 0.1) is 6.92 Å². The normalized spacial score (nSPS) is 19.7. The molecule has 0 bridgehead atoms. The van der Waals surface area contributed by atoms with Gasteiger partial charge in [-0.25, -0.2) is 4.79 Å². The predicted molar refractivity (Wildman–Crippen MR) is 58.0 cm³/mol. The first kappa shape index (κ1) is 10.6. The maximum Gasteiger partial charge on any atom is 0.335 e. The van der Waals surface area contributed by atoms with Gasteiger partial charge in [-0.1, -0.05) is 0 Å². The Bertz CT molecular complexity index is 379. The fourth-order valence-corrected chi connectivity index (χ4v) is 3.00. The molecule has 4 heteroatoms. The minimum atomic E-state index is -1.01. The van der Waals surface area contributed by atoms with Crippen molar-refractivity contribution in [3.63, 3.8) is 0 Å². The highest BCUT2D eigenvalue weighted by Gasteiger charge is 2.54. The zero-order valence-electron chi connectivity index (χ0n) is 8.82. The van der Waals surface area contributed by atoms with Crippen molar-refractivity contribution in [2.45, 2.75) is 31.3 Å². The van der Waals surface area contributed by atoms with Crippen LogP contribution in [-0.4, -0.2) is 24.3 Å². The highest BCUT2D eigenvalue weighted by Crippen LogP contribution is 2.53. The van der Waals surface area contributed by atoms with E-state index in [1.165, 1.54) is 12.7 Å². The summed E-state index contributed by atoms with van der Waals surface area (Å²) in [5.41, 5.74) is 0.824. The third-order valence-electron chi connectivity index (χ3n) is 2.96. The van der Waals surface area contributed by atoms with E-state index in [4.69, 9.17) is 0 Å². The van der Waals surface area contributed by atoms with Crippen LogP contribution < -0.4 is 0 Å². The van der Waals surface area contributed by atoms with Crippen molar-refractivity contribution in [2.24, 2.45) is 0 Å². The SMILES string of the molecule is COC(=O)C(O)C1(c2cc(C)cs2)CC1. The Morgan fingerprint density at radius 2 is 2.33 bits per heavy atom. The first-order valence-corrected chi connectivity index (χ1v) is 5.79. The molecule has 1 aromatic heterocycles. The monoisotopic (exact) mass is 226 g/mol. The molecule has 1 aromatic rings. The molecule has 0 aromatic carbocycles. The number of hydrogen-bond donors (Lipinski definition) is 1. The van der Waals surface area contributed by atoms with Gasteiger partial charge >= 0.3 is 5.97 Å². The van der Waals surface area contributed by atoms with Crippen LogP contribution in [0.3, 0.4) is 0 Å². The van der Waals surface area contributed by atoms with Crippen molar-refractivity contribution in [3.8, 4) is 0 Å². The van der Waals surface area contributed by atoms with Crippen LogP contribution in [0.25, 0.3) is 0 Å². The number of hydrogen-bond acceptors (Lipinski definition) is 4. The fourth-order valence-electron chi connectivity index (χ4n) is 1.82. The molecule has 1 heterocycles. The molecule has 0 amide bonds. The summed E-state index contributed by atoms with van der Waals surface area (Å²) in [4.78, 5) is 12.4. The zero-order valence-corrected chi connectivity index (χ0v) is 9.63. The summed E-state index contributed by atoms with van der Waals surface area (Å²) in [5.74, 6) is -0.529. The number of thiophene rings is 1. The van der Waals surface area contributed by atoms with E-state index in [1.807, 2.05) is 18.4 Å². The van der Waals surface area contributed by atoms with E-state index < -0.39 is 12.1 Å². The predicted octanol–water partition coefficient (Wildman–Crippen LogP) is 1.62. The maximum absolute atomic E-state index is 11.3. The van der Waals surface area contributed by atoms with Crippen molar-refractivity contribution in [3.05, 3.63) is 21.9 Å². The lowest BCUT2D eigenvalue weighted by Crippen LogP contribution is -2.34. The highest BCUT2D eigenvalue weighted by molar-refractivity contribution is 7.10. The van der Waals surface area contributed by atoms with Crippen molar-refractivity contribution in [1.82, 2.24) is 0 Å². The molecule has 1 N–H and O–H groups in total. The Hall–Kier alpha value is -0.870. The van der Waals surface area contributed by atoms with Gasteiger partial charge in [-0.15, -0.1) is 11.3 Å². The molecule has 3 nitrogen and oxygen atoms in total. The van der Waals surface area contributed by atoms with Gasteiger partial charge in [0.1, 0.15) is 0 Å². The molecule has 0 spiro atoms. The van der Waals surface area contributed by atoms with E-state index in [9.17, 15) is 9.90 Å². The number of rotatable bonds is 3. The number of aliphatic hydroxyl groups excluding tert-OH is 1. The standard InChI is InChI=1S/C11H14O3S/c1-7-5-8(15-6-7)11(3-4-11)9(12)10(13)14-2/h5-6,9,12H,3-4H2,1-2H3. The maximum atomic E-state index is 11.3. The molecule has 0 radical (unpaired) electrons. The van der Waals surface area contributed by atoms with Gasteiger partial charge in [-0.2, -0.15) is 0 Å². The molecule has 1 unspecified atom stereocenters. The molecule has 1 atom stereocenters. The lowest BCUT2D eigenvalue weighted by molar-refractivity contribution is -0.152. The molecule has 1 aliphatic rings. The van der Waals surface area contributed by atoms with Gasteiger partial charge in [0.15, 0.2) is 6.10 Å². The lowest BCUT2D eigenvalue weighted by Gasteiger charge is -2.18. The number of ether oxygens (including phenoxy) is 1. The second-order valence-corrected chi connectivity index (χ2v) is 4.98. The quantitative estimate of drug-likeness (QED) is 0.797.